The Morgan fingerprint density at radius 2 is 2.38 bits per heavy atom. The Labute approximate surface area is 96.4 Å². The van der Waals surface area contributed by atoms with Gasteiger partial charge in [-0.2, -0.15) is 0 Å². The van der Waals surface area contributed by atoms with Gasteiger partial charge in [0.2, 0.25) is 5.91 Å². The summed E-state index contributed by atoms with van der Waals surface area (Å²) in [6.07, 6.45) is 3.75. The van der Waals surface area contributed by atoms with Crippen LogP contribution in [0.1, 0.15) is 38.5 Å². The SMILES string of the molecule is CCCCNC(=O)CN[C@H](C)c1ccco1. The van der Waals surface area contributed by atoms with Crippen LogP contribution in [0.25, 0.3) is 0 Å². The van der Waals surface area contributed by atoms with Crippen molar-refractivity contribution in [3.05, 3.63) is 24.2 Å². The Hall–Kier alpha value is -1.29. The second-order valence-corrected chi connectivity index (χ2v) is 3.82. The third-order valence-corrected chi connectivity index (χ3v) is 2.39. The molecule has 4 nitrogen and oxygen atoms in total. The van der Waals surface area contributed by atoms with Gasteiger partial charge in [-0.25, -0.2) is 0 Å². The largest absolute Gasteiger partial charge is 0.468 e. The van der Waals surface area contributed by atoms with Crippen LogP contribution in [0, 0.1) is 0 Å². The molecule has 0 saturated carbocycles. The van der Waals surface area contributed by atoms with Gasteiger partial charge in [-0.3, -0.25) is 10.1 Å². The lowest BCUT2D eigenvalue weighted by atomic mass is 10.2. The lowest BCUT2D eigenvalue weighted by molar-refractivity contribution is -0.120. The molecular formula is C12H20N2O2. The van der Waals surface area contributed by atoms with Crippen LogP contribution >= 0.6 is 0 Å². The first-order valence-corrected chi connectivity index (χ1v) is 5.77. The summed E-state index contributed by atoms with van der Waals surface area (Å²) < 4.78 is 5.23. The fourth-order valence-corrected chi connectivity index (χ4v) is 1.35. The van der Waals surface area contributed by atoms with Gasteiger partial charge in [-0.05, 0) is 25.5 Å². The molecule has 0 saturated heterocycles. The Balaban J connectivity index is 2.16. The highest BCUT2D eigenvalue weighted by molar-refractivity contribution is 5.77. The van der Waals surface area contributed by atoms with Crippen LogP contribution in [0.2, 0.25) is 0 Å². The van der Waals surface area contributed by atoms with E-state index in [1.165, 1.54) is 0 Å². The summed E-state index contributed by atoms with van der Waals surface area (Å²) >= 11 is 0. The van der Waals surface area contributed by atoms with Crippen molar-refractivity contribution >= 4 is 5.91 Å². The average molecular weight is 224 g/mol. The standard InChI is InChI=1S/C12H20N2O2/c1-3-4-7-13-12(15)9-14-10(2)11-6-5-8-16-11/h5-6,8,10,14H,3-4,7,9H2,1-2H3,(H,13,15)/t10-/m1/s1. The van der Waals surface area contributed by atoms with Gasteiger partial charge in [-0.15, -0.1) is 0 Å². The minimum Gasteiger partial charge on any atom is -0.468 e. The van der Waals surface area contributed by atoms with E-state index in [1.54, 1.807) is 6.26 Å². The predicted molar refractivity (Wildman–Crippen MR) is 63.0 cm³/mol. The molecule has 16 heavy (non-hydrogen) atoms. The van der Waals surface area contributed by atoms with Gasteiger partial charge in [-0.1, -0.05) is 13.3 Å². The van der Waals surface area contributed by atoms with Crippen molar-refractivity contribution in [2.45, 2.75) is 32.7 Å². The van der Waals surface area contributed by atoms with Crippen LogP contribution in [-0.4, -0.2) is 19.0 Å². The highest BCUT2D eigenvalue weighted by Crippen LogP contribution is 2.11. The van der Waals surface area contributed by atoms with E-state index in [4.69, 9.17) is 4.42 Å². The normalized spacial score (nSPS) is 12.4. The van der Waals surface area contributed by atoms with E-state index in [-0.39, 0.29) is 11.9 Å². The Kier molecular flexibility index (Phi) is 5.64. The molecule has 0 radical (unpaired) electrons. The zero-order valence-electron chi connectivity index (χ0n) is 9.95. The third-order valence-electron chi connectivity index (χ3n) is 2.39. The van der Waals surface area contributed by atoms with Crippen LogP contribution in [0.15, 0.2) is 22.8 Å². The number of nitrogens with one attached hydrogen (secondary N) is 2. The molecule has 1 aromatic heterocycles. The number of amides is 1. The molecule has 0 bridgehead atoms. The van der Waals surface area contributed by atoms with Crippen molar-refractivity contribution in [1.82, 2.24) is 10.6 Å². The van der Waals surface area contributed by atoms with E-state index in [0.29, 0.717) is 6.54 Å². The molecule has 0 aliphatic rings. The predicted octanol–water partition coefficient (Wildman–Crippen LogP) is 1.85. The molecule has 1 aromatic rings. The summed E-state index contributed by atoms with van der Waals surface area (Å²) in [5.41, 5.74) is 0. The van der Waals surface area contributed by atoms with Crippen molar-refractivity contribution in [1.29, 1.82) is 0 Å². The molecule has 2 N–H and O–H groups in total. The van der Waals surface area contributed by atoms with Gasteiger partial charge in [0.25, 0.3) is 0 Å². The maximum Gasteiger partial charge on any atom is 0.233 e. The average Bonchev–Trinajstić information content (AvgIpc) is 2.79. The van der Waals surface area contributed by atoms with Gasteiger partial charge >= 0.3 is 0 Å². The molecule has 0 fully saturated rings. The number of unbranched alkanes of at least 4 members (excludes halogenated alkanes) is 1. The molecule has 1 amide bonds. The lowest BCUT2D eigenvalue weighted by Crippen LogP contribution is -2.35. The molecule has 90 valence electrons. The molecule has 4 heteroatoms. The van der Waals surface area contributed by atoms with Crippen LogP contribution in [-0.2, 0) is 4.79 Å². The van der Waals surface area contributed by atoms with Gasteiger partial charge in [0.05, 0.1) is 18.8 Å². The minimum atomic E-state index is 0.0341. The van der Waals surface area contributed by atoms with E-state index in [9.17, 15) is 4.79 Å². The Morgan fingerprint density at radius 3 is 3.00 bits per heavy atom. The smallest absolute Gasteiger partial charge is 0.233 e. The van der Waals surface area contributed by atoms with Crippen LogP contribution in [0.4, 0.5) is 0 Å². The number of furan rings is 1. The first-order valence-electron chi connectivity index (χ1n) is 5.77. The van der Waals surface area contributed by atoms with Crippen LogP contribution in [0.5, 0.6) is 0 Å². The van der Waals surface area contributed by atoms with Crippen molar-refractivity contribution < 1.29 is 9.21 Å². The molecular weight excluding hydrogens is 204 g/mol. The van der Waals surface area contributed by atoms with Crippen LogP contribution < -0.4 is 10.6 Å². The summed E-state index contributed by atoms with van der Waals surface area (Å²) in [6.45, 7) is 5.15. The first-order chi connectivity index (χ1) is 7.74. The fourth-order valence-electron chi connectivity index (χ4n) is 1.35. The monoisotopic (exact) mass is 224 g/mol. The Morgan fingerprint density at radius 1 is 1.56 bits per heavy atom. The highest BCUT2D eigenvalue weighted by atomic mass is 16.3. The number of carbonyl (C=O) groups is 1. The maximum absolute atomic E-state index is 11.4. The fraction of sp³-hybridized carbons (Fsp3) is 0.583. The molecule has 0 aliphatic carbocycles. The summed E-state index contributed by atoms with van der Waals surface area (Å²) in [7, 11) is 0. The van der Waals surface area contributed by atoms with Gasteiger partial charge < -0.3 is 9.73 Å². The topological polar surface area (TPSA) is 54.3 Å². The first kappa shape index (κ1) is 12.8. The van der Waals surface area contributed by atoms with Crippen molar-refractivity contribution in [3.63, 3.8) is 0 Å². The Bertz CT molecular complexity index is 296. The zero-order valence-corrected chi connectivity index (χ0v) is 9.95. The molecule has 0 aliphatic heterocycles. The zero-order chi connectivity index (χ0) is 11.8. The van der Waals surface area contributed by atoms with Gasteiger partial charge in [0.1, 0.15) is 5.76 Å². The molecule has 1 heterocycles. The van der Waals surface area contributed by atoms with Gasteiger partial charge in [0, 0.05) is 6.54 Å². The van der Waals surface area contributed by atoms with E-state index >= 15 is 0 Å². The molecule has 0 aromatic carbocycles. The summed E-state index contributed by atoms with van der Waals surface area (Å²) in [4.78, 5) is 11.4. The second-order valence-electron chi connectivity index (χ2n) is 3.82. The third kappa shape index (κ3) is 4.49. The minimum absolute atomic E-state index is 0.0341. The van der Waals surface area contributed by atoms with Crippen molar-refractivity contribution in [3.8, 4) is 0 Å². The summed E-state index contributed by atoms with van der Waals surface area (Å²) in [5.74, 6) is 0.883. The highest BCUT2D eigenvalue weighted by Gasteiger charge is 2.08. The quantitative estimate of drug-likeness (QED) is 0.695. The molecule has 1 atom stereocenters. The van der Waals surface area contributed by atoms with E-state index in [0.717, 1.165) is 25.1 Å². The van der Waals surface area contributed by atoms with E-state index in [1.807, 2.05) is 19.1 Å². The lowest BCUT2D eigenvalue weighted by Gasteiger charge is -2.11. The molecule has 1 rings (SSSR count). The van der Waals surface area contributed by atoms with E-state index in [2.05, 4.69) is 17.6 Å². The number of rotatable bonds is 7. The summed E-state index contributed by atoms with van der Waals surface area (Å²) in [6, 6.07) is 3.80. The van der Waals surface area contributed by atoms with Crippen molar-refractivity contribution in [2.75, 3.05) is 13.1 Å². The van der Waals surface area contributed by atoms with E-state index < -0.39 is 0 Å². The summed E-state index contributed by atoms with van der Waals surface area (Å²) in [5, 5.41) is 5.96. The number of hydrogen-bond donors (Lipinski definition) is 2. The second kappa shape index (κ2) is 7.06. The number of hydrogen-bond acceptors (Lipinski definition) is 3. The van der Waals surface area contributed by atoms with Crippen LogP contribution in [0.3, 0.4) is 0 Å². The molecule has 0 unspecified atom stereocenters. The molecule has 0 spiro atoms. The number of carbonyl (C=O) groups excluding carboxylic acids is 1. The van der Waals surface area contributed by atoms with Crippen molar-refractivity contribution in [2.24, 2.45) is 0 Å². The maximum atomic E-state index is 11.4. The van der Waals surface area contributed by atoms with Gasteiger partial charge in [0.15, 0.2) is 0 Å².